The zero-order valence-corrected chi connectivity index (χ0v) is 15.7. The van der Waals surface area contributed by atoms with Crippen molar-refractivity contribution >= 4 is 12.1 Å². The van der Waals surface area contributed by atoms with Crippen LogP contribution in [0.5, 0.6) is 5.75 Å². The lowest BCUT2D eigenvalue weighted by molar-refractivity contribution is -0.136. The number of carboxylic acids is 1. The maximum atomic E-state index is 12.3. The molecular weight excluding hydrogens is 338 g/mol. The average molecular weight is 365 g/mol. The summed E-state index contributed by atoms with van der Waals surface area (Å²) in [5.74, 6) is -0.351. The van der Waals surface area contributed by atoms with Gasteiger partial charge < -0.3 is 19.3 Å². The van der Waals surface area contributed by atoms with E-state index in [2.05, 4.69) is 0 Å². The summed E-state index contributed by atoms with van der Waals surface area (Å²) in [5, 5.41) is 9.03. The predicted molar refractivity (Wildman–Crippen MR) is 95.2 cm³/mol. The maximum Gasteiger partial charge on any atom is 0.412 e. The molecular formula is C19H27NO6. The smallest absolute Gasteiger partial charge is 0.412 e. The Kier molecular flexibility index (Phi) is 6.47. The third-order valence-electron chi connectivity index (χ3n) is 4.01. The molecule has 1 aliphatic rings. The highest BCUT2D eigenvalue weighted by Crippen LogP contribution is 2.27. The Morgan fingerprint density at radius 2 is 1.96 bits per heavy atom. The van der Waals surface area contributed by atoms with E-state index in [1.54, 1.807) is 30.2 Å². The first kappa shape index (κ1) is 20.0. The molecule has 7 heteroatoms. The standard InChI is InChI=1S/C19H27NO6/c1-19(2,3)26-18(23)20-10-9-14(12-16(20)24-4)25-15-8-6-5-7-13(15)11-17(21)22/h5-8,14,16H,9-12H2,1-4H3,(H,21,22). The zero-order valence-electron chi connectivity index (χ0n) is 15.7. The number of aliphatic carboxylic acids is 1. The molecule has 1 N–H and O–H groups in total. The van der Waals surface area contributed by atoms with E-state index >= 15 is 0 Å². The molecule has 144 valence electrons. The number of ether oxygens (including phenoxy) is 3. The number of amides is 1. The van der Waals surface area contributed by atoms with Gasteiger partial charge in [0.15, 0.2) is 0 Å². The Balaban J connectivity index is 2.03. The number of benzene rings is 1. The fourth-order valence-electron chi connectivity index (χ4n) is 2.86. The van der Waals surface area contributed by atoms with Crippen LogP contribution in [0.15, 0.2) is 24.3 Å². The number of piperidine rings is 1. The van der Waals surface area contributed by atoms with Gasteiger partial charge in [-0.25, -0.2) is 4.79 Å². The fourth-order valence-corrected chi connectivity index (χ4v) is 2.86. The predicted octanol–water partition coefficient (Wildman–Crippen LogP) is 3.06. The summed E-state index contributed by atoms with van der Waals surface area (Å²) in [4.78, 5) is 24.9. The normalized spacial score (nSPS) is 20.5. The molecule has 26 heavy (non-hydrogen) atoms. The van der Waals surface area contributed by atoms with Crippen molar-refractivity contribution in [2.24, 2.45) is 0 Å². The second-order valence-corrected chi connectivity index (χ2v) is 7.31. The van der Waals surface area contributed by atoms with Gasteiger partial charge in [0.05, 0.1) is 6.42 Å². The largest absolute Gasteiger partial charge is 0.490 e. The minimum atomic E-state index is -0.907. The second-order valence-electron chi connectivity index (χ2n) is 7.31. The van der Waals surface area contributed by atoms with E-state index in [1.165, 1.54) is 0 Å². The first-order valence-electron chi connectivity index (χ1n) is 8.68. The number of carbonyl (C=O) groups is 2. The summed E-state index contributed by atoms with van der Waals surface area (Å²) in [7, 11) is 1.54. The average Bonchev–Trinajstić information content (AvgIpc) is 2.54. The van der Waals surface area contributed by atoms with Crippen molar-refractivity contribution in [3.05, 3.63) is 29.8 Å². The molecule has 0 saturated carbocycles. The van der Waals surface area contributed by atoms with Gasteiger partial charge >= 0.3 is 12.1 Å². The lowest BCUT2D eigenvalue weighted by Gasteiger charge is -2.39. The van der Waals surface area contributed by atoms with Gasteiger partial charge in [0.2, 0.25) is 0 Å². The van der Waals surface area contributed by atoms with Gasteiger partial charge in [-0.15, -0.1) is 0 Å². The van der Waals surface area contributed by atoms with Crippen LogP contribution in [-0.4, -0.2) is 53.7 Å². The quantitative estimate of drug-likeness (QED) is 0.863. The van der Waals surface area contributed by atoms with E-state index in [0.717, 1.165) is 0 Å². The van der Waals surface area contributed by atoms with E-state index < -0.39 is 23.9 Å². The minimum absolute atomic E-state index is 0.0966. The minimum Gasteiger partial charge on any atom is -0.490 e. The van der Waals surface area contributed by atoms with Crippen LogP contribution in [0.1, 0.15) is 39.2 Å². The van der Waals surface area contributed by atoms with Crippen LogP contribution in [0.2, 0.25) is 0 Å². The van der Waals surface area contributed by atoms with Gasteiger partial charge in [-0.2, -0.15) is 0 Å². The van der Waals surface area contributed by atoms with Crippen LogP contribution in [-0.2, 0) is 20.7 Å². The monoisotopic (exact) mass is 365 g/mol. The van der Waals surface area contributed by atoms with Gasteiger partial charge in [0.25, 0.3) is 0 Å². The molecule has 1 amide bonds. The van der Waals surface area contributed by atoms with E-state index in [9.17, 15) is 9.59 Å². The summed E-state index contributed by atoms with van der Waals surface area (Å²) >= 11 is 0. The number of hydrogen-bond donors (Lipinski definition) is 1. The SMILES string of the molecule is COC1CC(Oc2ccccc2CC(=O)O)CCN1C(=O)OC(C)(C)C. The van der Waals surface area contributed by atoms with Crippen molar-refractivity contribution < 1.29 is 28.9 Å². The number of nitrogens with zero attached hydrogens (tertiary/aromatic N) is 1. The van der Waals surface area contributed by atoms with Crippen LogP contribution in [0, 0.1) is 0 Å². The second kappa shape index (κ2) is 8.40. The van der Waals surface area contributed by atoms with Crippen LogP contribution < -0.4 is 4.74 Å². The number of carbonyl (C=O) groups excluding carboxylic acids is 1. The lowest BCUT2D eigenvalue weighted by Crippen LogP contribution is -2.51. The third-order valence-corrected chi connectivity index (χ3v) is 4.01. The highest BCUT2D eigenvalue weighted by atomic mass is 16.6. The van der Waals surface area contributed by atoms with Gasteiger partial charge in [0, 0.05) is 32.1 Å². The number of likely N-dealkylation sites (tertiary alicyclic amines) is 1. The third kappa shape index (κ3) is 5.62. The Hall–Kier alpha value is -2.28. The van der Waals surface area contributed by atoms with Crippen LogP contribution in [0.4, 0.5) is 4.79 Å². The summed E-state index contributed by atoms with van der Waals surface area (Å²) in [6, 6.07) is 7.10. The summed E-state index contributed by atoms with van der Waals surface area (Å²) < 4.78 is 16.9. The van der Waals surface area contributed by atoms with E-state index in [0.29, 0.717) is 30.7 Å². The number of rotatable bonds is 5. The molecule has 0 spiro atoms. The molecule has 1 aliphatic heterocycles. The summed E-state index contributed by atoms with van der Waals surface area (Å²) in [5.41, 5.74) is 0.0573. The van der Waals surface area contributed by atoms with Gasteiger partial charge in [0.1, 0.15) is 23.7 Å². The van der Waals surface area contributed by atoms with Crippen molar-refractivity contribution in [1.82, 2.24) is 4.90 Å². The van der Waals surface area contributed by atoms with Gasteiger partial charge in [-0.3, -0.25) is 9.69 Å². The van der Waals surface area contributed by atoms with E-state index in [-0.39, 0.29) is 12.5 Å². The Morgan fingerprint density at radius 1 is 1.27 bits per heavy atom. The molecule has 0 radical (unpaired) electrons. The van der Waals surface area contributed by atoms with E-state index in [1.807, 2.05) is 26.8 Å². The maximum absolute atomic E-state index is 12.3. The van der Waals surface area contributed by atoms with Gasteiger partial charge in [-0.1, -0.05) is 18.2 Å². The Morgan fingerprint density at radius 3 is 2.58 bits per heavy atom. The fraction of sp³-hybridized carbons (Fsp3) is 0.579. The molecule has 2 unspecified atom stereocenters. The Labute approximate surface area is 153 Å². The molecule has 0 bridgehead atoms. The first-order chi connectivity index (χ1) is 12.2. The molecule has 7 nitrogen and oxygen atoms in total. The molecule has 1 fully saturated rings. The molecule has 2 rings (SSSR count). The molecule has 1 saturated heterocycles. The van der Waals surface area contributed by atoms with E-state index in [4.69, 9.17) is 19.3 Å². The van der Waals surface area contributed by atoms with Crippen molar-refractivity contribution in [3.63, 3.8) is 0 Å². The first-order valence-corrected chi connectivity index (χ1v) is 8.68. The number of methoxy groups -OCH3 is 1. The molecule has 1 heterocycles. The van der Waals surface area contributed by atoms with Crippen LogP contribution >= 0.6 is 0 Å². The molecule has 0 aromatic heterocycles. The molecule has 0 aliphatic carbocycles. The summed E-state index contributed by atoms with van der Waals surface area (Å²) in [6.45, 7) is 5.91. The van der Waals surface area contributed by atoms with Crippen LogP contribution in [0.3, 0.4) is 0 Å². The highest BCUT2D eigenvalue weighted by Gasteiger charge is 2.35. The highest BCUT2D eigenvalue weighted by molar-refractivity contribution is 5.71. The summed E-state index contributed by atoms with van der Waals surface area (Å²) in [6.07, 6.45) is -0.0314. The molecule has 1 aromatic rings. The topological polar surface area (TPSA) is 85.3 Å². The lowest BCUT2D eigenvalue weighted by atomic mass is 10.1. The van der Waals surface area contributed by atoms with Crippen molar-refractivity contribution in [3.8, 4) is 5.75 Å². The van der Waals surface area contributed by atoms with Crippen molar-refractivity contribution in [2.75, 3.05) is 13.7 Å². The van der Waals surface area contributed by atoms with Crippen LogP contribution in [0.25, 0.3) is 0 Å². The number of para-hydroxylation sites is 1. The Bertz CT molecular complexity index is 639. The zero-order chi connectivity index (χ0) is 19.3. The number of carboxylic acid groups (broad SMARTS) is 1. The number of hydrogen-bond acceptors (Lipinski definition) is 5. The van der Waals surface area contributed by atoms with Crippen molar-refractivity contribution in [2.45, 2.75) is 58.0 Å². The van der Waals surface area contributed by atoms with Gasteiger partial charge in [-0.05, 0) is 26.8 Å². The molecule has 1 aromatic carbocycles. The molecule has 2 atom stereocenters. The van der Waals surface area contributed by atoms with Crippen molar-refractivity contribution in [1.29, 1.82) is 0 Å².